The van der Waals surface area contributed by atoms with Gasteiger partial charge in [0.25, 0.3) is 0 Å². The maximum absolute atomic E-state index is 13.1. The van der Waals surface area contributed by atoms with Gasteiger partial charge in [-0.25, -0.2) is 9.78 Å². The van der Waals surface area contributed by atoms with Gasteiger partial charge in [0.1, 0.15) is 11.9 Å². The molecule has 3 rings (SSSR count). The molecule has 7 nitrogen and oxygen atoms in total. The number of likely N-dealkylation sites (tertiary alicyclic amines) is 1. The third-order valence-corrected chi connectivity index (χ3v) is 5.38. The number of carbonyl (C=O) groups is 2. The van der Waals surface area contributed by atoms with Gasteiger partial charge in [0.05, 0.1) is 24.2 Å². The maximum Gasteiger partial charge on any atom is 0.407 e. The first-order valence-electron chi connectivity index (χ1n) is 8.71. The summed E-state index contributed by atoms with van der Waals surface area (Å²) in [5.41, 5.74) is 1.87. The predicted molar refractivity (Wildman–Crippen MR) is 107 cm³/mol. The highest BCUT2D eigenvalue weighted by atomic mass is 127. The van der Waals surface area contributed by atoms with Gasteiger partial charge in [-0.05, 0) is 59.5 Å². The molecule has 1 fully saturated rings. The van der Waals surface area contributed by atoms with Gasteiger partial charge >= 0.3 is 6.09 Å². The van der Waals surface area contributed by atoms with Crippen LogP contribution in [0.3, 0.4) is 0 Å². The van der Waals surface area contributed by atoms with Crippen LogP contribution in [0.1, 0.15) is 38.6 Å². The minimum Gasteiger partial charge on any atom is -0.453 e. The monoisotopic (exact) mass is 470 g/mol. The number of imidazole rings is 1. The number of nitrogens with one attached hydrogen (secondary N) is 2. The number of amides is 2. The smallest absolute Gasteiger partial charge is 0.407 e. The number of H-pyrrole nitrogens is 1. The number of methoxy groups -OCH3 is 1. The van der Waals surface area contributed by atoms with E-state index in [1.165, 1.54) is 7.11 Å². The fourth-order valence-corrected chi connectivity index (χ4v) is 3.82. The number of alkyl carbamates (subject to hydrolysis) is 1. The van der Waals surface area contributed by atoms with Crippen molar-refractivity contribution in [1.82, 2.24) is 20.2 Å². The van der Waals surface area contributed by atoms with E-state index in [-0.39, 0.29) is 17.9 Å². The van der Waals surface area contributed by atoms with E-state index in [1.807, 2.05) is 36.9 Å². The summed E-state index contributed by atoms with van der Waals surface area (Å²) in [5, 5.41) is 2.66. The van der Waals surface area contributed by atoms with E-state index in [4.69, 9.17) is 4.98 Å². The Bertz CT molecular complexity index is 820. The highest BCUT2D eigenvalue weighted by Gasteiger charge is 2.37. The number of benzene rings is 1. The number of nitrogens with zero attached hydrogens (tertiary/aromatic N) is 2. The van der Waals surface area contributed by atoms with Crippen LogP contribution in [0.2, 0.25) is 0 Å². The molecule has 0 saturated carbocycles. The van der Waals surface area contributed by atoms with Gasteiger partial charge in [0, 0.05) is 10.1 Å². The number of hydrogen-bond donors (Lipinski definition) is 2. The topological polar surface area (TPSA) is 87.3 Å². The molecule has 0 spiro atoms. The van der Waals surface area contributed by atoms with Crippen molar-refractivity contribution >= 4 is 45.6 Å². The fourth-order valence-electron chi connectivity index (χ4n) is 3.35. The van der Waals surface area contributed by atoms with Gasteiger partial charge in [-0.2, -0.15) is 0 Å². The van der Waals surface area contributed by atoms with Crippen molar-refractivity contribution in [1.29, 1.82) is 0 Å². The Morgan fingerprint density at radius 1 is 1.42 bits per heavy atom. The van der Waals surface area contributed by atoms with E-state index >= 15 is 0 Å². The zero-order valence-corrected chi connectivity index (χ0v) is 17.2. The molecule has 2 heterocycles. The average Bonchev–Trinajstić information content (AvgIpc) is 3.24. The number of aromatic nitrogens is 2. The van der Waals surface area contributed by atoms with Crippen molar-refractivity contribution in [2.75, 3.05) is 13.7 Å². The van der Waals surface area contributed by atoms with E-state index in [1.54, 1.807) is 0 Å². The van der Waals surface area contributed by atoms with Crippen LogP contribution < -0.4 is 5.32 Å². The molecule has 0 radical (unpaired) electrons. The zero-order chi connectivity index (χ0) is 18.8. The lowest BCUT2D eigenvalue weighted by Crippen LogP contribution is -2.51. The number of rotatable bonds is 4. The normalized spacial score (nSPS) is 18.3. The molecular weight excluding hydrogens is 447 g/mol. The first-order valence-corrected chi connectivity index (χ1v) is 9.78. The van der Waals surface area contributed by atoms with Crippen LogP contribution in [0.15, 0.2) is 18.2 Å². The molecular formula is C18H23IN4O3. The van der Waals surface area contributed by atoms with Crippen molar-refractivity contribution in [2.24, 2.45) is 5.92 Å². The van der Waals surface area contributed by atoms with Gasteiger partial charge in [-0.3, -0.25) is 4.79 Å². The van der Waals surface area contributed by atoms with Crippen LogP contribution in [0.4, 0.5) is 4.79 Å². The molecule has 1 aliphatic rings. The molecule has 26 heavy (non-hydrogen) atoms. The summed E-state index contributed by atoms with van der Waals surface area (Å²) in [7, 11) is 1.30. The highest BCUT2D eigenvalue weighted by Crippen LogP contribution is 2.32. The summed E-state index contributed by atoms with van der Waals surface area (Å²) >= 11 is 2.26. The summed E-state index contributed by atoms with van der Waals surface area (Å²) in [6, 6.07) is 5.33. The Balaban J connectivity index is 1.85. The van der Waals surface area contributed by atoms with Crippen molar-refractivity contribution in [3.63, 3.8) is 0 Å². The van der Waals surface area contributed by atoms with Crippen LogP contribution in [-0.2, 0) is 9.53 Å². The molecule has 0 aliphatic carbocycles. The van der Waals surface area contributed by atoms with Gasteiger partial charge < -0.3 is 19.9 Å². The molecule has 0 unspecified atom stereocenters. The lowest BCUT2D eigenvalue weighted by Gasteiger charge is -2.29. The average molecular weight is 470 g/mol. The molecule has 1 saturated heterocycles. The second-order valence-corrected chi connectivity index (χ2v) is 8.08. The van der Waals surface area contributed by atoms with Crippen LogP contribution >= 0.6 is 22.6 Å². The minimum atomic E-state index is -0.617. The van der Waals surface area contributed by atoms with Crippen LogP contribution in [0.5, 0.6) is 0 Å². The first kappa shape index (κ1) is 18.9. The van der Waals surface area contributed by atoms with Gasteiger partial charge in [0.15, 0.2) is 0 Å². The van der Waals surface area contributed by atoms with Gasteiger partial charge in [0.2, 0.25) is 5.91 Å². The second-order valence-electron chi connectivity index (χ2n) is 6.83. The molecule has 2 aromatic rings. The Morgan fingerprint density at radius 3 is 2.88 bits per heavy atom. The fraction of sp³-hybridized carbons (Fsp3) is 0.500. The molecule has 1 aliphatic heterocycles. The standard InChI is InChI=1S/C18H23IN4O3/c1-10(2)15(22-18(25)26-3)17(24)23-8-4-5-14(23)16-20-12-7-6-11(19)9-13(12)21-16/h6-7,9-10,14-15H,4-5,8H2,1-3H3,(H,20,21)(H,22,25)/t14-,15+/m0/s1. The number of carbonyl (C=O) groups excluding carboxylic acids is 2. The lowest BCUT2D eigenvalue weighted by atomic mass is 10.0. The molecule has 2 amide bonds. The van der Waals surface area contributed by atoms with Gasteiger partial charge in [-0.1, -0.05) is 13.8 Å². The summed E-state index contributed by atoms with van der Waals surface area (Å²) in [4.78, 5) is 34.6. The largest absolute Gasteiger partial charge is 0.453 e. The first-order chi connectivity index (χ1) is 12.4. The van der Waals surface area contributed by atoms with E-state index in [0.29, 0.717) is 6.54 Å². The Labute approximate surface area is 166 Å². The third-order valence-electron chi connectivity index (χ3n) is 4.71. The highest BCUT2D eigenvalue weighted by molar-refractivity contribution is 14.1. The molecule has 2 N–H and O–H groups in total. The molecule has 8 heteroatoms. The molecule has 1 aromatic heterocycles. The van der Waals surface area contributed by atoms with Crippen molar-refractivity contribution in [3.05, 3.63) is 27.6 Å². The van der Waals surface area contributed by atoms with Crippen LogP contribution in [0.25, 0.3) is 11.0 Å². The second kappa shape index (κ2) is 7.81. The Hall–Kier alpha value is -1.84. The summed E-state index contributed by atoms with van der Waals surface area (Å²) in [5.74, 6) is 0.663. The third kappa shape index (κ3) is 3.79. The predicted octanol–water partition coefficient (Wildman–Crippen LogP) is 3.21. The Morgan fingerprint density at radius 2 is 2.19 bits per heavy atom. The van der Waals surface area contributed by atoms with E-state index in [9.17, 15) is 9.59 Å². The minimum absolute atomic E-state index is 0.0416. The molecule has 0 bridgehead atoms. The molecule has 140 valence electrons. The maximum atomic E-state index is 13.1. The molecule has 2 atom stereocenters. The number of fused-ring (bicyclic) bond motifs is 1. The number of ether oxygens (including phenoxy) is 1. The van der Waals surface area contributed by atoms with E-state index < -0.39 is 12.1 Å². The van der Waals surface area contributed by atoms with Crippen LogP contribution in [-0.4, -0.2) is 46.6 Å². The lowest BCUT2D eigenvalue weighted by molar-refractivity contribution is -0.135. The van der Waals surface area contributed by atoms with Crippen molar-refractivity contribution in [3.8, 4) is 0 Å². The van der Waals surface area contributed by atoms with Gasteiger partial charge in [-0.15, -0.1) is 0 Å². The number of aromatic amines is 1. The number of halogens is 1. The SMILES string of the molecule is COC(=O)N[C@@H](C(=O)N1CCC[C@H]1c1nc2cc(I)ccc2[nH]1)C(C)C. The zero-order valence-electron chi connectivity index (χ0n) is 15.1. The Kier molecular flexibility index (Phi) is 5.69. The van der Waals surface area contributed by atoms with E-state index in [2.05, 4.69) is 37.6 Å². The van der Waals surface area contributed by atoms with Crippen molar-refractivity contribution in [2.45, 2.75) is 38.8 Å². The summed E-state index contributed by atoms with van der Waals surface area (Å²) in [6.07, 6.45) is 1.17. The van der Waals surface area contributed by atoms with Crippen molar-refractivity contribution < 1.29 is 14.3 Å². The number of hydrogen-bond acceptors (Lipinski definition) is 4. The van der Waals surface area contributed by atoms with E-state index in [0.717, 1.165) is 33.3 Å². The quantitative estimate of drug-likeness (QED) is 0.672. The van der Waals surface area contributed by atoms with Crippen LogP contribution in [0, 0.1) is 9.49 Å². The summed E-state index contributed by atoms with van der Waals surface area (Å²) < 4.78 is 5.79. The summed E-state index contributed by atoms with van der Waals surface area (Å²) in [6.45, 7) is 4.48. The molecule has 1 aromatic carbocycles.